The first-order chi connectivity index (χ1) is 10.0. The molecule has 1 N–H and O–H groups in total. The van der Waals surface area contributed by atoms with E-state index in [9.17, 15) is 4.79 Å². The summed E-state index contributed by atoms with van der Waals surface area (Å²) in [5, 5.41) is 5.00. The van der Waals surface area contributed by atoms with E-state index in [0.29, 0.717) is 5.75 Å². The maximum Gasteiger partial charge on any atom is 0.230 e. The first-order valence-electron chi connectivity index (χ1n) is 7.29. The van der Waals surface area contributed by atoms with Gasteiger partial charge in [-0.2, -0.15) is 0 Å². The average Bonchev–Trinajstić information content (AvgIpc) is 2.44. The van der Waals surface area contributed by atoms with E-state index in [1.165, 1.54) is 33.8 Å². The van der Waals surface area contributed by atoms with Crippen molar-refractivity contribution in [1.82, 2.24) is 10.3 Å². The number of amides is 1. The fraction of sp³-hybridized carbons (Fsp3) is 0.412. The number of rotatable bonds is 5. The molecule has 0 radical (unpaired) electrons. The van der Waals surface area contributed by atoms with Crippen LogP contribution in [0.25, 0.3) is 10.9 Å². The minimum absolute atomic E-state index is 0.0713. The van der Waals surface area contributed by atoms with E-state index in [0.717, 1.165) is 23.5 Å². The topological polar surface area (TPSA) is 42.0 Å². The second-order valence-electron chi connectivity index (χ2n) is 5.39. The molecule has 1 heterocycles. The molecule has 0 saturated carbocycles. The van der Waals surface area contributed by atoms with E-state index in [-0.39, 0.29) is 5.91 Å². The van der Waals surface area contributed by atoms with Crippen molar-refractivity contribution in [3.8, 4) is 0 Å². The van der Waals surface area contributed by atoms with Crippen LogP contribution in [-0.4, -0.2) is 23.2 Å². The van der Waals surface area contributed by atoms with Crippen molar-refractivity contribution < 1.29 is 4.79 Å². The lowest BCUT2D eigenvalue weighted by molar-refractivity contribution is -0.118. The zero-order valence-electron chi connectivity index (χ0n) is 13.1. The molecule has 0 aliphatic rings. The lowest BCUT2D eigenvalue weighted by Crippen LogP contribution is -2.25. The van der Waals surface area contributed by atoms with Crippen LogP contribution in [0.15, 0.2) is 23.2 Å². The summed E-state index contributed by atoms with van der Waals surface area (Å²) < 4.78 is 0. The Labute approximate surface area is 130 Å². The molecule has 4 heteroatoms. The molecular weight excluding hydrogens is 280 g/mol. The number of carbonyl (C=O) groups is 1. The number of aromatic nitrogens is 1. The highest BCUT2D eigenvalue weighted by atomic mass is 32.2. The standard InChI is InChI=1S/C17H22N2OS/c1-5-6-18-15(20)10-21-16-9-12(3)14-8-11(2)7-13(4)17(14)19-16/h7-9H,5-6,10H2,1-4H3,(H,18,20). The Morgan fingerprint density at radius 1 is 1.19 bits per heavy atom. The van der Waals surface area contributed by atoms with Gasteiger partial charge in [0.1, 0.15) is 0 Å². The Balaban J connectivity index is 2.20. The van der Waals surface area contributed by atoms with Crippen molar-refractivity contribution in [3.05, 3.63) is 34.9 Å². The molecule has 0 atom stereocenters. The molecule has 0 aliphatic carbocycles. The maximum atomic E-state index is 11.7. The van der Waals surface area contributed by atoms with Crippen molar-refractivity contribution in [3.63, 3.8) is 0 Å². The largest absolute Gasteiger partial charge is 0.355 e. The summed E-state index contributed by atoms with van der Waals surface area (Å²) in [6, 6.07) is 6.39. The van der Waals surface area contributed by atoms with Gasteiger partial charge >= 0.3 is 0 Å². The molecular formula is C17H22N2OS. The highest BCUT2D eigenvalue weighted by Crippen LogP contribution is 2.26. The van der Waals surface area contributed by atoms with E-state index in [4.69, 9.17) is 4.98 Å². The molecule has 0 fully saturated rings. The predicted octanol–water partition coefficient (Wildman–Crippen LogP) is 3.78. The number of pyridine rings is 1. The van der Waals surface area contributed by atoms with Gasteiger partial charge in [-0.3, -0.25) is 4.79 Å². The van der Waals surface area contributed by atoms with Gasteiger partial charge in [0, 0.05) is 11.9 Å². The van der Waals surface area contributed by atoms with Crippen molar-refractivity contribution in [2.45, 2.75) is 39.1 Å². The van der Waals surface area contributed by atoms with Crippen LogP contribution in [0.3, 0.4) is 0 Å². The normalized spacial score (nSPS) is 10.9. The number of nitrogens with zero attached hydrogens (tertiary/aromatic N) is 1. The Bertz CT molecular complexity index is 667. The molecule has 3 nitrogen and oxygen atoms in total. The smallest absolute Gasteiger partial charge is 0.230 e. The minimum atomic E-state index is 0.0713. The number of aryl methyl sites for hydroxylation is 3. The van der Waals surface area contributed by atoms with Crippen LogP contribution in [0.2, 0.25) is 0 Å². The van der Waals surface area contributed by atoms with E-state index in [1.54, 1.807) is 0 Å². The second kappa shape index (κ2) is 6.94. The van der Waals surface area contributed by atoms with Crippen LogP contribution >= 0.6 is 11.8 Å². The third-order valence-electron chi connectivity index (χ3n) is 3.35. The molecule has 0 unspecified atom stereocenters. The molecule has 21 heavy (non-hydrogen) atoms. The average molecular weight is 302 g/mol. The van der Waals surface area contributed by atoms with Crippen LogP contribution in [0.4, 0.5) is 0 Å². The Hall–Kier alpha value is -1.55. The van der Waals surface area contributed by atoms with Gasteiger partial charge in [-0.15, -0.1) is 0 Å². The van der Waals surface area contributed by atoms with Gasteiger partial charge in [0.15, 0.2) is 0 Å². The van der Waals surface area contributed by atoms with Crippen LogP contribution in [0.5, 0.6) is 0 Å². The zero-order valence-corrected chi connectivity index (χ0v) is 13.9. The number of hydrogen-bond donors (Lipinski definition) is 1. The molecule has 1 aromatic carbocycles. The number of fused-ring (bicyclic) bond motifs is 1. The summed E-state index contributed by atoms with van der Waals surface area (Å²) in [7, 11) is 0. The molecule has 1 amide bonds. The third-order valence-corrected chi connectivity index (χ3v) is 4.27. The van der Waals surface area contributed by atoms with Gasteiger partial charge in [0.25, 0.3) is 0 Å². The lowest BCUT2D eigenvalue weighted by atomic mass is 10.0. The van der Waals surface area contributed by atoms with Gasteiger partial charge in [0.05, 0.1) is 16.3 Å². The third kappa shape index (κ3) is 3.97. The molecule has 0 aliphatic heterocycles. The maximum absolute atomic E-state index is 11.7. The summed E-state index contributed by atoms with van der Waals surface area (Å²) in [5.41, 5.74) is 4.69. The van der Waals surface area contributed by atoms with Crippen molar-refractivity contribution in [1.29, 1.82) is 0 Å². The predicted molar refractivity (Wildman–Crippen MR) is 90.0 cm³/mol. The summed E-state index contributed by atoms with van der Waals surface area (Å²) in [5.74, 6) is 0.491. The summed E-state index contributed by atoms with van der Waals surface area (Å²) in [6.45, 7) is 9.08. The number of nitrogens with one attached hydrogen (secondary N) is 1. The van der Waals surface area contributed by atoms with E-state index in [1.807, 2.05) is 6.92 Å². The van der Waals surface area contributed by atoms with E-state index < -0.39 is 0 Å². The summed E-state index contributed by atoms with van der Waals surface area (Å²) >= 11 is 1.50. The molecule has 0 bridgehead atoms. The van der Waals surface area contributed by atoms with Gasteiger partial charge < -0.3 is 5.32 Å². The molecule has 0 saturated heterocycles. The van der Waals surface area contributed by atoms with Gasteiger partial charge in [-0.25, -0.2) is 4.98 Å². The fourth-order valence-electron chi connectivity index (χ4n) is 2.34. The van der Waals surface area contributed by atoms with Crippen molar-refractivity contribution in [2.75, 3.05) is 12.3 Å². The molecule has 0 spiro atoms. The highest BCUT2D eigenvalue weighted by molar-refractivity contribution is 7.99. The molecule has 2 rings (SSSR count). The second-order valence-corrected chi connectivity index (χ2v) is 6.39. The summed E-state index contributed by atoms with van der Waals surface area (Å²) in [4.78, 5) is 16.4. The molecule has 1 aromatic heterocycles. The monoisotopic (exact) mass is 302 g/mol. The van der Waals surface area contributed by atoms with Gasteiger partial charge in [0.2, 0.25) is 5.91 Å². The Morgan fingerprint density at radius 3 is 2.67 bits per heavy atom. The molecule has 112 valence electrons. The van der Waals surface area contributed by atoms with Crippen LogP contribution < -0.4 is 5.32 Å². The number of hydrogen-bond acceptors (Lipinski definition) is 3. The first-order valence-corrected chi connectivity index (χ1v) is 8.28. The van der Waals surface area contributed by atoms with Crippen molar-refractivity contribution >= 4 is 28.6 Å². The number of benzene rings is 1. The first kappa shape index (κ1) is 15.8. The SMILES string of the molecule is CCCNC(=O)CSc1cc(C)c2cc(C)cc(C)c2n1. The van der Waals surface area contributed by atoms with Crippen LogP contribution in [0, 0.1) is 20.8 Å². The number of carbonyl (C=O) groups excluding carboxylic acids is 1. The Morgan fingerprint density at radius 2 is 1.95 bits per heavy atom. The minimum Gasteiger partial charge on any atom is -0.355 e. The van der Waals surface area contributed by atoms with E-state index >= 15 is 0 Å². The number of thioether (sulfide) groups is 1. The van der Waals surface area contributed by atoms with Gasteiger partial charge in [-0.05, 0) is 50.5 Å². The van der Waals surface area contributed by atoms with Crippen LogP contribution in [-0.2, 0) is 4.79 Å². The van der Waals surface area contributed by atoms with Crippen molar-refractivity contribution in [2.24, 2.45) is 0 Å². The zero-order chi connectivity index (χ0) is 15.4. The lowest BCUT2D eigenvalue weighted by Gasteiger charge is -2.09. The van der Waals surface area contributed by atoms with Gasteiger partial charge in [-0.1, -0.05) is 30.3 Å². The van der Waals surface area contributed by atoms with Crippen LogP contribution in [0.1, 0.15) is 30.0 Å². The highest BCUT2D eigenvalue weighted by Gasteiger charge is 2.08. The Kier molecular flexibility index (Phi) is 5.23. The van der Waals surface area contributed by atoms with E-state index in [2.05, 4.69) is 44.3 Å². The summed E-state index contributed by atoms with van der Waals surface area (Å²) in [6.07, 6.45) is 0.961. The quantitative estimate of drug-likeness (QED) is 0.855. The molecule has 2 aromatic rings. The fourth-order valence-corrected chi connectivity index (χ4v) is 3.14.